The van der Waals surface area contributed by atoms with E-state index in [0.29, 0.717) is 5.69 Å². The van der Waals surface area contributed by atoms with Crippen molar-refractivity contribution in [2.75, 3.05) is 31.3 Å². The van der Waals surface area contributed by atoms with Crippen LogP contribution in [0.25, 0.3) is 0 Å². The van der Waals surface area contributed by atoms with Gasteiger partial charge in [-0.15, -0.1) is 0 Å². The molecule has 0 aliphatic heterocycles. The maximum Gasteiger partial charge on any atom is 0.293 e. The van der Waals surface area contributed by atoms with E-state index in [1.54, 1.807) is 7.05 Å². The van der Waals surface area contributed by atoms with Crippen molar-refractivity contribution in [3.8, 4) is 0 Å². The number of anilines is 2. The third-order valence-corrected chi connectivity index (χ3v) is 4.38. The van der Waals surface area contributed by atoms with Gasteiger partial charge in [-0.05, 0) is 44.0 Å². The van der Waals surface area contributed by atoms with E-state index in [4.69, 9.17) is 0 Å². The van der Waals surface area contributed by atoms with Gasteiger partial charge in [0.2, 0.25) is 5.91 Å². The number of nitrogens with one attached hydrogen (secondary N) is 2. The number of amides is 2. The number of benzene rings is 2. The zero-order chi connectivity index (χ0) is 21.0. The minimum absolute atomic E-state index is 0.142. The van der Waals surface area contributed by atoms with E-state index < -0.39 is 10.8 Å². The molecule has 0 radical (unpaired) electrons. The molecule has 0 saturated heterocycles. The SMILES string of the molecule is CNc1ccc(C(=O)N(C)CC(=O)Nc2c(C)cc(C)cc2C)cc1[N+](=O)[O-]. The lowest BCUT2D eigenvalue weighted by atomic mass is 10.1. The van der Waals surface area contributed by atoms with Crippen molar-refractivity contribution in [1.29, 1.82) is 0 Å². The van der Waals surface area contributed by atoms with Crippen LogP contribution in [0.4, 0.5) is 17.1 Å². The fraction of sp³-hybridized carbons (Fsp3) is 0.300. The predicted octanol–water partition coefficient (Wildman–Crippen LogP) is 3.27. The summed E-state index contributed by atoms with van der Waals surface area (Å²) >= 11 is 0. The summed E-state index contributed by atoms with van der Waals surface area (Å²) < 4.78 is 0. The van der Waals surface area contributed by atoms with Crippen LogP contribution in [0.2, 0.25) is 0 Å². The van der Waals surface area contributed by atoms with E-state index in [-0.39, 0.29) is 23.7 Å². The molecular formula is C20H24N4O4. The Morgan fingerprint density at radius 2 is 1.71 bits per heavy atom. The first-order chi connectivity index (χ1) is 13.1. The number of rotatable bonds is 6. The Bertz CT molecular complexity index is 917. The molecule has 2 N–H and O–H groups in total. The second-order valence-corrected chi connectivity index (χ2v) is 6.72. The fourth-order valence-electron chi connectivity index (χ4n) is 3.09. The molecule has 0 spiro atoms. The summed E-state index contributed by atoms with van der Waals surface area (Å²) in [5.41, 5.74) is 3.97. The van der Waals surface area contributed by atoms with Gasteiger partial charge in [0, 0.05) is 31.4 Å². The van der Waals surface area contributed by atoms with Gasteiger partial charge in [-0.25, -0.2) is 0 Å². The average Bonchev–Trinajstić information content (AvgIpc) is 2.63. The molecule has 0 aromatic heterocycles. The smallest absolute Gasteiger partial charge is 0.293 e. The van der Waals surface area contributed by atoms with Crippen molar-refractivity contribution in [2.45, 2.75) is 20.8 Å². The third-order valence-electron chi connectivity index (χ3n) is 4.38. The topological polar surface area (TPSA) is 105 Å². The molecule has 0 heterocycles. The number of likely N-dealkylation sites (N-methyl/N-ethyl adjacent to an activating group) is 1. The van der Waals surface area contributed by atoms with Gasteiger partial charge in [-0.1, -0.05) is 17.7 Å². The zero-order valence-electron chi connectivity index (χ0n) is 16.6. The number of carbonyl (C=O) groups excluding carboxylic acids is 2. The largest absolute Gasteiger partial charge is 0.383 e. The number of hydrogen-bond acceptors (Lipinski definition) is 5. The highest BCUT2D eigenvalue weighted by Gasteiger charge is 2.20. The van der Waals surface area contributed by atoms with E-state index in [1.807, 2.05) is 32.9 Å². The van der Waals surface area contributed by atoms with Crippen LogP contribution in [0.5, 0.6) is 0 Å². The molecule has 8 nitrogen and oxygen atoms in total. The van der Waals surface area contributed by atoms with Crippen molar-refractivity contribution in [3.05, 3.63) is 62.7 Å². The molecule has 0 aliphatic carbocycles. The number of nitrogens with zero attached hydrogens (tertiary/aromatic N) is 2. The van der Waals surface area contributed by atoms with E-state index >= 15 is 0 Å². The van der Waals surface area contributed by atoms with Gasteiger partial charge in [0.05, 0.1) is 11.5 Å². The lowest BCUT2D eigenvalue weighted by Crippen LogP contribution is -2.35. The van der Waals surface area contributed by atoms with Gasteiger partial charge in [0.1, 0.15) is 5.69 Å². The summed E-state index contributed by atoms with van der Waals surface area (Å²) in [6.45, 7) is 5.63. The van der Waals surface area contributed by atoms with Crippen LogP contribution >= 0.6 is 0 Å². The normalized spacial score (nSPS) is 10.3. The fourth-order valence-corrected chi connectivity index (χ4v) is 3.09. The van der Waals surface area contributed by atoms with Crippen molar-refractivity contribution in [2.24, 2.45) is 0 Å². The van der Waals surface area contributed by atoms with Crippen LogP contribution in [-0.2, 0) is 4.79 Å². The standard InChI is InChI=1S/C20H24N4O4/c1-12-8-13(2)19(14(3)9-12)22-18(25)11-23(5)20(26)15-6-7-16(21-4)17(10-15)24(27)28/h6-10,21H,11H2,1-5H3,(H,22,25). The van der Waals surface area contributed by atoms with E-state index in [2.05, 4.69) is 10.6 Å². The van der Waals surface area contributed by atoms with Crippen LogP contribution in [0, 0.1) is 30.9 Å². The lowest BCUT2D eigenvalue weighted by Gasteiger charge is -2.18. The monoisotopic (exact) mass is 384 g/mol. The molecule has 2 rings (SSSR count). The van der Waals surface area contributed by atoms with Crippen molar-refractivity contribution < 1.29 is 14.5 Å². The van der Waals surface area contributed by atoms with Crippen LogP contribution < -0.4 is 10.6 Å². The molecule has 2 aromatic carbocycles. The van der Waals surface area contributed by atoms with Gasteiger partial charge < -0.3 is 15.5 Å². The quantitative estimate of drug-likeness (QED) is 0.587. The number of nitro benzene ring substituents is 1. The van der Waals surface area contributed by atoms with Crippen LogP contribution in [0.3, 0.4) is 0 Å². The summed E-state index contributed by atoms with van der Waals surface area (Å²) in [6, 6.07) is 8.11. The molecule has 28 heavy (non-hydrogen) atoms. The second-order valence-electron chi connectivity index (χ2n) is 6.72. The second kappa shape index (κ2) is 8.51. The first-order valence-electron chi connectivity index (χ1n) is 8.73. The lowest BCUT2D eigenvalue weighted by molar-refractivity contribution is -0.384. The predicted molar refractivity (Wildman–Crippen MR) is 109 cm³/mol. The number of nitro groups is 1. The summed E-state index contributed by atoms with van der Waals surface area (Å²) in [4.78, 5) is 36.8. The highest BCUT2D eigenvalue weighted by molar-refractivity contribution is 6.00. The Labute approximate surface area is 163 Å². The molecule has 0 atom stereocenters. The first-order valence-corrected chi connectivity index (χ1v) is 8.73. The van der Waals surface area contributed by atoms with Gasteiger partial charge in [0.25, 0.3) is 11.6 Å². The maximum absolute atomic E-state index is 12.6. The Morgan fingerprint density at radius 3 is 2.25 bits per heavy atom. The summed E-state index contributed by atoms with van der Waals surface area (Å²) in [5, 5.41) is 16.7. The zero-order valence-corrected chi connectivity index (χ0v) is 16.6. The van der Waals surface area contributed by atoms with E-state index in [1.165, 1.54) is 30.1 Å². The molecule has 0 fully saturated rings. The maximum atomic E-state index is 12.6. The highest BCUT2D eigenvalue weighted by atomic mass is 16.6. The molecule has 148 valence electrons. The Balaban J connectivity index is 2.13. The highest BCUT2D eigenvalue weighted by Crippen LogP contribution is 2.26. The molecule has 0 bridgehead atoms. The van der Waals surface area contributed by atoms with Crippen LogP contribution in [-0.4, -0.2) is 42.3 Å². The molecule has 0 unspecified atom stereocenters. The minimum Gasteiger partial charge on any atom is -0.383 e. The Morgan fingerprint density at radius 1 is 1.11 bits per heavy atom. The molecule has 0 aliphatic rings. The molecule has 8 heteroatoms. The van der Waals surface area contributed by atoms with Crippen molar-refractivity contribution in [1.82, 2.24) is 4.90 Å². The average molecular weight is 384 g/mol. The molecule has 0 saturated carbocycles. The molecular weight excluding hydrogens is 360 g/mol. The van der Waals surface area contributed by atoms with Gasteiger partial charge in [-0.3, -0.25) is 19.7 Å². The minimum atomic E-state index is -0.557. The van der Waals surface area contributed by atoms with E-state index in [0.717, 1.165) is 22.4 Å². The Kier molecular flexibility index (Phi) is 6.35. The van der Waals surface area contributed by atoms with Gasteiger partial charge in [-0.2, -0.15) is 0 Å². The number of carbonyl (C=O) groups is 2. The molecule has 2 aromatic rings. The van der Waals surface area contributed by atoms with Crippen LogP contribution in [0.15, 0.2) is 30.3 Å². The van der Waals surface area contributed by atoms with Crippen molar-refractivity contribution >= 4 is 28.9 Å². The van der Waals surface area contributed by atoms with E-state index in [9.17, 15) is 19.7 Å². The van der Waals surface area contributed by atoms with Crippen LogP contribution in [0.1, 0.15) is 27.0 Å². The Hall–Kier alpha value is -3.42. The molecule has 2 amide bonds. The number of hydrogen-bond donors (Lipinski definition) is 2. The third kappa shape index (κ3) is 4.64. The first kappa shape index (κ1) is 20.9. The summed E-state index contributed by atoms with van der Waals surface area (Å²) in [7, 11) is 3.05. The summed E-state index contributed by atoms with van der Waals surface area (Å²) in [5.74, 6) is -0.814. The van der Waals surface area contributed by atoms with Gasteiger partial charge in [0.15, 0.2) is 0 Å². The van der Waals surface area contributed by atoms with Gasteiger partial charge >= 0.3 is 0 Å². The summed E-state index contributed by atoms with van der Waals surface area (Å²) in [6.07, 6.45) is 0. The van der Waals surface area contributed by atoms with Crippen molar-refractivity contribution in [3.63, 3.8) is 0 Å². The number of aryl methyl sites for hydroxylation is 3.